The molecular formula is C25H31NO4S2. The second-order valence-electron chi connectivity index (χ2n) is 8.09. The van der Waals surface area contributed by atoms with Crippen LogP contribution in [-0.2, 0) is 17.8 Å². The van der Waals surface area contributed by atoms with E-state index in [1.54, 1.807) is 30.2 Å². The van der Waals surface area contributed by atoms with Gasteiger partial charge in [-0.25, -0.2) is 4.79 Å². The van der Waals surface area contributed by atoms with Crippen LogP contribution in [0.25, 0.3) is 0 Å². The fraction of sp³-hybridized carbons (Fsp3) is 0.360. The van der Waals surface area contributed by atoms with Crippen LogP contribution in [0.2, 0.25) is 0 Å². The van der Waals surface area contributed by atoms with Gasteiger partial charge in [0, 0.05) is 23.4 Å². The predicted octanol–water partition coefficient (Wildman–Crippen LogP) is 6.38. The number of thioether (sulfide) groups is 2. The summed E-state index contributed by atoms with van der Waals surface area (Å²) in [6, 6.07) is 15.2. The summed E-state index contributed by atoms with van der Waals surface area (Å²) in [4.78, 5) is 27.3. The molecule has 0 aliphatic rings. The molecule has 0 fully saturated rings. The van der Waals surface area contributed by atoms with Crippen molar-refractivity contribution in [1.29, 1.82) is 0 Å². The van der Waals surface area contributed by atoms with Gasteiger partial charge in [0.1, 0.15) is 11.4 Å². The molecule has 0 aliphatic heterocycles. The van der Waals surface area contributed by atoms with Crippen LogP contribution < -0.4 is 4.74 Å². The molecule has 2 rings (SSSR count). The molecule has 0 aliphatic carbocycles. The average Bonchev–Trinajstić information content (AvgIpc) is 2.76. The lowest BCUT2D eigenvalue weighted by molar-refractivity contribution is 0.0216. The summed E-state index contributed by atoms with van der Waals surface area (Å²) < 4.78 is 12.0. The number of benzene rings is 2. The number of amides is 1. The molecule has 5 nitrogen and oxygen atoms in total. The lowest BCUT2D eigenvalue weighted by Gasteiger charge is -2.28. The highest BCUT2D eigenvalue weighted by Gasteiger charge is 2.23. The highest BCUT2D eigenvalue weighted by molar-refractivity contribution is 8.21. The highest BCUT2D eigenvalue weighted by atomic mass is 32.2. The van der Waals surface area contributed by atoms with Crippen molar-refractivity contribution in [3.63, 3.8) is 0 Å². The molecule has 0 atom stereocenters. The third-order valence-corrected chi connectivity index (χ3v) is 6.46. The Morgan fingerprint density at radius 1 is 0.969 bits per heavy atom. The highest BCUT2D eigenvalue weighted by Crippen LogP contribution is 2.27. The average molecular weight is 474 g/mol. The molecule has 1 amide bonds. The summed E-state index contributed by atoms with van der Waals surface area (Å²) in [7, 11) is 1.54. The first-order valence-electron chi connectivity index (χ1n) is 10.2. The summed E-state index contributed by atoms with van der Waals surface area (Å²) in [6.07, 6.45) is 5.10. The number of ether oxygens (including phenoxy) is 2. The monoisotopic (exact) mass is 473 g/mol. The lowest BCUT2D eigenvalue weighted by atomic mass is 10.1. The second-order valence-corrected chi connectivity index (χ2v) is 10.0. The molecule has 0 aromatic heterocycles. The predicted molar refractivity (Wildman–Crippen MR) is 134 cm³/mol. The molecule has 2 aromatic carbocycles. The Morgan fingerprint density at radius 3 is 2.16 bits per heavy atom. The fourth-order valence-corrected chi connectivity index (χ4v) is 4.08. The second kappa shape index (κ2) is 12.0. The van der Waals surface area contributed by atoms with Crippen LogP contribution in [-0.4, -0.2) is 42.0 Å². The Labute approximate surface area is 199 Å². The van der Waals surface area contributed by atoms with Crippen LogP contribution in [0.5, 0.6) is 5.75 Å². The summed E-state index contributed by atoms with van der Waals surface area (Å²) >= 11 is 3.06. The van der Waals surface area contributed by atoms with E-state index in [-0.39, 0.29) is 5.78 Å². The molecule has 0 spiro atoms. The summed E-state index contributed by atoms with van der Waals surface area (Å²) in [5.74, 6) is 0.370. The van der Waals surface area contributed by atoms with E-state index < -0.39 is 11.7 Å². The Balaban J connectivity index is 2.31. The van der Waals surface area contributed by atoms with Gasteiger partial charge in [0.15, 0.2) is 5.78 Å². The number of carbonyl (C=O) groups is 2. The van der Waals surface area contributed by atoms with Gasteiger partial charge in [0.05, 0.1) is 12.7 Å². The molecule has 172 valence electrons. The van der Waals surface area contributed by atoms with Gasteiger partial charge in [0.2, 0.25) is 0 Å². The van der Waals surface area contributed by atoms with Crippen molar-refractivity contribution >= 4 is 35.4 Å². The third-order valence-electron chi connectivity index (χ3n) is 4.42. The first-order valence-corrected chi connectivity index (χ1v) is 12.6. The van der Waals surface area contributed by atoms with Crippen LogP contribution in [0.3, 0.4) is 0 Å². The fourth-order valence-electron chi connectivity index (χ4n) is 2.96. The molecule has 0 heterocycles. The Morgan fingerprint density at radius 2 is 1.59 bits per heavy atom. The minimum absolute atomic E-state index is 0.111. The van der Waals surface area contributed by atoms with Crippen molar-refractivity contribution in [2.45, 2.75) is 39.5 Å². The first-order chi connectivity index (χ1) is 15.2. The van der Waals surface area contributed by atoms with Crippen LogP contribution in [0.1, 0.15) is 42.3 Å². The number of hydrogen-bond acceptors (Lipinski definition) is 6. The molecule has 0 saturated heterocycles. The number of allylic oxidation sites excluding steroid dienone is 1. The van der Waals surface area contributed by atoms with Crippen LogP contribution in [0.15, 0.2) is 58.8 Å². The van der Waals surface area contributed by atoms with Crippen LogP contribution >= 0.6 is 23.5 Å². The zero-order chi connectivity index (χ0) is 23.7. The summed E-state index contributed by atoms with van der Waals surface area (Å²) in [5.41, 5.74) is 1.74. The van der Waals surface area contributed by atoms with E-state index in [9.17, 15) is 9.59 Å². The maximum absolute atomic E-state index is 12.9. The maximum atomic E-state index is 12.9. The van der Waals surface area contributed by atoms with E-state index in [1.165, 1.54) is 23.5 Å². The minimum atomic E-state index is -0.599. The molecule has 32 heavy (non-hydrogen) atoms. The topological polar surface area (TPSA) is 55.8 Å². The molecule has 7 heteroatoms. The van der Waals surface area contributed by atoms with Crippen molar-refractivity contribution in [3.05, 3.63) is 75.5 Å². The van der Waals surface area contributed by atoms with Gasteiger partial charge in [0.25, 0.3) is 0 Å². The quantitative estimate of drug-likeness (QED) is 0.311. The molecule has 0 unspecified atom stereocenters. The van der Waals surface area contributed by atoms with Crippen molar-refractivity contribution in [2.75, 3.05) is 19.6 Å². The minimum Gasteiger partial charge on any atom is -0.496 e. The van der Waals surface area contributed by atoms with Gasteiger partial charge in [-0.15, -0.1) is 23.5 Å². The van der Waals surface area contributed by atoms with Crippen molar-refractivity contribution < 1.29 is 19.1 Å². The molecule has 0 N–H and O–H groups in total. The lowest BCUT2D eigenvalue weighted by Crippen LogP contribution is -2.36. The van der Waals surface area contributed by atoms with Gasteiger partial charge < -0.3 is 9.47 Å². The molecule has 0 saturated carbocycles. The van der Waals surface area contributed by atoms with E-state index in [0.717, 1.165) is 15.4 Å². The van der Waals surface area contributed by atoms with E-state index in [2.05, 4.69) is 0 Å². The number of rotatable bonds is 9. The summed E-state index contributed by atoms with van der Waals surface area (Å²) in [6.45, 7) is 6.28. The smallest absolute Gasteiger partial charge is 0.410 e. The zero-order valence-corrected chi connectivity index (χ0v) is 21.1. The van der Waals surface area contributed by atoms with Gasteiger partial charge in [-0.2, -0.15) is 0 Å². The number of methoxy groups -OCH3 is 1. The van der Waals surface area contributed by atoms with Crippen molar-refractivity contribution in [1.82, 2.24) is 4.90 Å². The van der Waals surface area contributed by atoms with Gasteiger partial charge in [-0.1, -0.05) is 36.4 Å². The van der Waals surface area contributed by atoms with Gasteiger partial charge in [-0.05, 0) is 56.5 Å². The van der Waals surface area contributed by atoms with Gasteiger partial charge >= 0.3 is 6.09 Å². The van der Waals surface area contributed by atoms with Crippen molar-refractivity contribution in [2.24, 2.45) is 0 Å². The number of nitrogens with zero attached hydrogens (tertiary/aromatic N) is 1. The molecular weight excluding hydrogens is 442 g/mol. The van der Waals surface area contributed by atoms with E-state index in [0.29, 0.717) is 24.4 Å². The molecule has 2 aromatic rings. The largest absolute Gasteiger partial charge is 0.496 e. The maximum Gasteiger partial charge on any atom is 0.410 e. The van der Waals surface area contributed by atoms with E-state index >= 15 is 0 Å². The Kier molecular flexibility index (Phi) is 9.72. The standard InChI is InChI=1S/C25H31NO4S2/c1-25(2,3)30-24(28)26(16-18-10-8-7-9-11-18)17-19-12-13-20(22(14-19)29-4)21(27)15-23(31-5)32-6/h7-15H,16-17H2,1-6H3. The number of hydrogen-bond donors (Lipinski definition) is 0. The van der Waals surface area contributed by atoms with Gasteiger partial charge in [-0.3, -0.25) is 9.69 Å². The number of ketones is 1. The first kappa shape index (κ1) is 25.9. The van der Waals surface area contributed by atoms with Crippen LogP contribution in [0, 0.1) is 0 Å². The van der Waals surface area contributed by atoms with Crippen molar-refractivity contribution in [3.8, 4) is 5.75 Å². The molecule has 0 bridgehead atoms. The Hall–Kier alpha value is -2.38. The summed E-state index contributed by atoms with van der Waals surface area (Å²) in [5, 5.41) is 0. The van der Waals surface area contributed by atoms with Crippen LogP contribution in [0.4, 0.5) is 4.79 Å². The molecule has 0 radical (unpaired) electrons. The van der Waals surface area contributed by atoms with E-state index in [1.807, 2.05) is 69.7 Å². The van der Waals surface area contributed by atoms with E-state index in [4.69, 9.17) is 9.47 Å². The normalized spacial score (nSPS) is 10.9. The Bertz CT molecular complexity index is 946. The third kappa shape index (κ3) is 7.95. The SMILES string of the molecule is COc1cc(CN(Cc2ccccc2)C(=O)OC(C)(C)C)ccc1C(=O)C=C(SC)SC. The number of carbonyl (C=O) groups excluding carboxylic acids is 2. The zero-order valence-electron chi connectivity index (χ0n) is 19.5.